The summed E-state index contributed by atoms with van der Waals surface area (Å²) in [6.07, 6.45) is 5.30. The highest BCUT2D eigenvalue weighted by molar-refractivity contribution is 5.42. The molecule has 0 bridgehead atoms. The lowest BCUT2D eigenvalue weighted by Gasteiger charge is -2.22. The molecular weight excluding hydrogens is 292 g/mol. The highest BCUT2D eigenvalue weighted by Crippen LogP contribution is 2.16. The predicted molar refractivity (Wildman–Crippen MR) is 89.3 cm³/mol. The summed E-state index contributed by atoms with van der Waals surface area (Å²) in [4.78, 5) is 24.9. The minimum atomic E-state index is -0.492. The lowest BCUT2D eigenvalue weighted by Crippen LogP contribution is -2.41. The van der Waals surface area contributed by atoms with Gasteiger partial charge < -0.3 is 9.30 Å². The van der Waals surface area contributed by atoms with E-state index in [1.807, 2.05) is 32.0 Å². The summed E-state index contributed by atoms with van der Waals surface area (Å²) < 4.78 is 8.33. The zero-order valence-electron chi connectivity index (χ0n) is 13.6. The maximum absolute atomic E-state index is 12.5. The molecule has 1 fully saturated rings. The fourth-order valence-corrected chi connectivity index (χ4v) is 3.03. The second kappa shape index (κ2) is 6.54. The van der Waals surface area contributed by atoms with E-state index in [0.29, 0.717) is 12.5 Å². The Labute approximate surface area is 135 Å². The average molecular weight is 314 g/mol. The summed E-state index contributed by atoms with van der Waals surface area (Å²) >= 11 is 0. The van der Waals surface area contributed by atoms with E-state index < -0.39 is 11.1 Å². The van der Waals surface area contributed by atoms with Gasteiger partial charge in [0, 0.05) is 32.2 Å². The zero-order chi connectivity index (χ0) is 16.4. The summed E-state index contributed by atoms with van der Waals surface area (Å²) in [5.74, 6) is 0.400. The second-order valence-corrected chi connectivity index (χ2v) is 6.28. The summed E-state index contributed by atoms with van der Waals surface area (Å²) in [5, 5.41) is 0. The highest BCUT2D eigenvalue weighted by Gasteiger charge is 2.16. The molecule has 3 rings (SSSR count). The lowest BCUT2D eigenvalue weighted by molar-refractivity contribution is 0.0609. The highest BCUT2D eigenvalue weighted by atomic mass is 16.5. The average Bonchev–Trinajstić information content (AvgIpc) is 2.56. The molecule has 2 aromatic rings. The van der Waals surface area contributed by atoms with E-state index in [4.69, 9.17) is 4.74 Å². The van der Waals surface area contributed by atoms with Gasteiger partial charge >= 0.3 is 11.1 Å². The number of benzene rings is 1. The Kier molecular flexibility index (Phi) is 4.48. The second-order valence-electron chi connectivity index (χ2n) is 6.28. The van der Waals surface area contributed by atoms with E-state index in [1.54, 1.807) is 17.0 Å². The summed E-state index contributed by atoms with van der Waals surface area (Å²) in [7, 11) is 0. The van der Waals surface area contributed by atoms with Crippen molar-refractivity contribution in [3.8, 4) is 5.69 Å². The first-order chi connectivity index (χ1) is 11.1. The van der Waals surface area contributed by atoms with E-state index >= 15 is 0 Å². The maximum atomic E-state index is 12.5. The van der Waals surface area contributed by atoms with Crippen molar-refractivity contribution in [2.45, 2.75) is 33.2 Å². The molecule has 0 radical (unpaired) electrons. The molecule has 5 nitrogen and oxygen atoms in total. The SMILES string of the molecule is Cc1ccc(C)c(-n2ccn(CC3CCOCC3)c(=O)c2=O)c1. The third-order valence-corrected chi connectivity index (χ3v) is 4.48. The van der Waals surface area contributed by atoms with Crippen LogP contribution in [-0.2, 0) is 11.3 Å². The summed E-state index contributed by atoms with van der Waals surface area (Å²) in [6, 6.07) is 5.89. The van der Waals surface area contributed by atoms with Crippen LogP contribution in [0.2, 0.25) is 0 Å². The van der Waals surface area contributed by atoms with Crippen LogP contribution in [0.25, 0.3) is 5.69 Å². The number of rotatable bonds is 3. The van der Waals surface area contributed by atoms with Gasteiger partial charge in [0.25, 0.3) is 0 Å². The van der Waals surface area contributed by atoms with E-state index in [0.717, 1.165) is 42.9 Å². The normalized spacial score (nSPS) is 15.7. The fraction of sp³-hybridized carbons (Fsp3) is 0.444. The minimum Gasteiger partial charge on any atom is -0.381 e. The van der Waals surface area contributed by atoms with Gasteiger partial charge in [-0.2, -0.15) is 0 Å². The topological polar surface area (TPSA) is 53.2 Å². The standard InChI is InChI=1S/C18H22N2O3/c1-13-3-4-14(2)16(11-13)20-8-7-19(17(21)18(20)22)12-15-5-9-23-10-6-15/h3-4,7-8,11,15H,5-6,9-10,12H2,1-2H3. The van der Waals surface area contributed by atoms with E-state index in [9.17, 15) is 9.59 Å². The molecule has 1 aromatic heterocycles. The number of nitrogens with zero attached hydrogens (tertiary/aromatic N) is 2. The van der Waals surface area contributed by atoms with Gasteiger partial charge in [-0.1, -0.05) is 12.1 Å². The van der Waals surface area contributed by atoms with E-state index in [-0.39, 0.29) is 0 Å². The monoisotopic (exact) mass is 314 g/mol. The van der Waals surface area contributed by atoms with Crippen molar-refractivity contribution in [3.63, 3.8) is 0 Å². The first kappa shape index (κ1) is 15.7. The third kappa shape index (κ3) is 3.29. The molecule has 2 heterocycles. The third-order valence-electron chi connectivity index (χ3n) is 4.48. The van der Waals surface area contributed by atoms with Gasteiger partial charge in [0.2, 0.25) is 0 Å². The fourth-order valence-electron chi connectivity index (χ4n) is 3.03. The number of aryl methyl sites for hydroxylation is 2. The molecule has 5 heteroatoms. The van der Waals surface area contributed by atoms with Crippen molar-refractivity contribution in [1.82, 2.24) is 9.13 Å². The summed E-state index contributed by atoms with van der Waals surface area (Å²) in [5.41, 5.74) is 1.85. The summed E-state index contributed by atoms with van der Waals surface area (Å²) in [6.45, 7) is 5.97. The number of aromatic nitrogens is 2. The number of hydrogen-bond acceptors (Lipinski definition) is 3. The molecule has 1 aliphatic rings. The van der Waals surface area contributed by atoms with Crippen molar-refractivity contribution < 1.29 is 4.74 Å². The van der Waals surface area contributed by atoms with Crippen LogP contribution in [0.15, 0.2) is 40.2 Å². The Morgan fingerprint density at radius 1 is 1.09 bits per heavy atom. The van der Waals surface area contributed by atoms with Gasteiger partial charge in [-0.3, -0.25) is 14.2 Å². The van der Waals surface area contributed by atoms with Crippen molar-refractivity contribution in [2.24, 2.45) is 5.92 Å². The van der Waals surface area contributed by atoms with Crippen molar-refractivity contribution in [1.29, 1.82) is 0 Å². The van der Waals surface area contributed by atoms with Gasteiger partial charge in [0.05, 0.1) is 5.69 Å². The molecule has 0 N–H and O–H groups in total. The van der Waals surface area contributed by atoms with E-state index in [2.05, 4.69) is 0 Å². The molecule has 0 aliphatic carbocycles. The molecule has 122 valence electrons. The molecule has 23 heavy (non-hydrogen) atoms. The smallest absolute Gasteiger partial charge is 0.320 e. The van der Waals surface area contributed by atoms with Crippen LogP contribution in [0.1, 0.15) is 24.0 Å². The van der Waals surface area contributed by atoms with Gasteiger partial charge in [-0.05, 0) is 49.8 Å². The molecule has 1 aliphatic heterocycles. The van der Waals surface area contributed by atoms with E-state index in [1.165, 1.54) is 4.57 Å². The van der Waals surface area contributed by atoms with Gasteiger partial charge in [-0.15, -0.1) is 0 Å². The van der Waals surface area contributed by atoms with Crippen LogP contribution in [0, 0.1) is 19.8 Å². The number of hydrogen-bond donors (Lipinski definition) is 0. The minimum absolute atomic E-state index is 0.400. The van der Waals surface area contributed by atoms with Gasteiger partial charge in [0.1, 0.15) is 0 Å². The quantitative estimate of drug-likeness (QED) is 0.815. The molecule has 0 saturated carbocycles. The Morgan fingerprint density at radius 2 is 1.83 bits per heavy atom. The van der Waals surface area contributed by atoms with Gasteiger partial charge in [-0.25, -0.2) is 0 Å². The maximum Gasteiger partial charge on any atom is 0.320 e. The van der Waals surface area contributed by atoms with Crippen LogP contribution in [0.4, 0.5) is 0 Å². The Bertz CT molecular complexity index is 814. The largest absolute Gasteiger partial charge is 0.381 e. The van der Waals surface area contributed by atoms with Crippen molar-refractivity contribution in [2.75, 3.05) is 13.2 Å². The lowest BCUT2D eigenvalue weighted by atomic mass is 10.0. The number of ether oxygens (including phenoxy) is 1. The van der Waals surface area contributed by atoms with Crippen LogP contribution in [-0.4, -0.2) is 22.3 Å². The predicted octanol–water partition coefficient (Wildman–Crippen LogP) is 2.04. The van der Waals surface area contributed by atoms with Crippen LogP contribution in [0.3, 0.4) is 0 Å². The van der Waals surface area contributed by atoms with Gasteiger partial charge in [0.15, 0.2) is 0 Å². The molecular formula is C18H22N2O3. The zero-order valence-corrected chi connectivity index (χ0v) is 13.6. The van der Waals surface area contributed by atoms with Crippen LogP contribution in [0.5, 0.6) is 0 Å². The molecule has 0 atom stereocenters. The molecule has 0 amide bonds. The Balaban J connectivity index is 1.96. The molecule has 0 unspecified atom stereocenters. The molecule has 1 aromatic carbocycles. The van der Waals surface area contributed by atoms with Crippen LogP contribution < -0.4 is 11.1 Å². The Hall–Kier alpha value is -2.14. The Morgan fingerprint density at radius 3 is 2.57 bits per heavy atom. The van der Waals surface area contributed by atoms with Crippen LogP contribution >= 0.6 is 0 Å². The van der Waals surface area contributed by atoms with Crippen molar-refractivity contribution in [3.05, 3.63) is 62.4 Å². The first-order valence-corrected chi connectivity index (χ1v) is 8.04. The molecule has 1 saturated heterocycles. The van der Waals surface area contributed by atoms with Crippen molar-refractivity contribution >= 4 is 0 Å². The molecule has 0 spiro atoms. The first-order valence-electron chi connectivity index (χ1n) is 8.04.